The van der Waals surface area contributed by atoms with Gasteiger partial charge < -0.3 is 9.88 Å². The number of aryl methyl sites for hydroxylation is 2. The van der Waals surface area contributed by atoms with Gasteiger partial charge in [0.15, 0.2) is 5.82 Å². The number of amides is 1. The Morgan fingerprint density at radius 1 is 1.21 bits per heavy atom. The van der Waals surface area contributed by atoms with Gasteiger partial charge in [0.05, 0.1) is 16.3 Å². The van der Waals surface area contributed by atoms with Crippen molar-refractivity contribution in [2.75, 3.05) is 0 Å². The number of aromatic amines is 1. The van der Waals surface area contributed by atoms with E-state index in [1.54, 1.807) is 6.20 Å². The van der Waals surface area contributed by atoms with Gasteiger partial charge in [-0.05, 0) is 80.5 Å². The molecule has 2 aromatic heterocycles. The minimum atomic E-state index is 0.0629. The van der Waals surface area contributed by atoms with E-state index in [4.69, 9.17) is 11.6 Å². The summed E-state index contributed by atoms with van der Waals surface area (Å²) in [5.41, 5.74) is 6.46. The zero-order valence-electron chi connectivity index (χ0n) is 16.8. The average Bonchev–Trinajstić information content (AvgIpc) is 3.43. The number of hydrogen-bond donors (Lipinski definition) is 1. The predicted octanol–water partition coefficient (Wildman–Crippen LogP) is 5.16. The second-order valence-corrected chi connectivity index (χ2v) is 8.64. The van der Waals surface area contributed by atoms with Crippen molar-refractivity contribution in [3.05, 3.63) is 58.0 Å². The smallest absolute Gasteiger partial charge is 0.256 e. The van der Waals surface area contributed by atoms with E-state index in [2.05, 4.69) is 27.9 Å². The molecule has 0 saturated heterocycles. The fourth-order valence-corrected chi connectivity index (χ4v) is 4.48. The lowest BCUT2D eigenvalue weighted by Gasteiger charge is -2.23. The lowest BCUT2D eigenvalue weighted by molar-refractivity contribution is 0.0697. The van der Waals surface area contributed by atoms with Crippen molar-refractivity contribution < 1.29 is 4.79 Å². The van der Waals surface area contributed by atoms with Crippen LogP contribution in [0.1, 0.15) is 47.1 Å². The molecule has 0 spiro atoms. The Bertz CT molecular complexity index is 1110. The number of nitrogens with zero attached hydrogens (tertiary/aromatic N) is 3. The largest absolute Gasteiger partial charge is 0.341 e. The minimum absolute atomic E-state index is 0.0629. The van der Waals surface area contributed by atoms with Gasteiger partial charge in [0.1, 0.15) is 5.69 Å². The molecular formula is C23H23ClN4O. The van der Waals surface area contributed by atoms with Gasteiger partial charge in [0.25, 0.3) is 5.91 Å². The van der Waals surface area contributed by atoms with Crippen LogP contribution in [0.4, 0.5) is 0 Å². The third-order valence-electron chi connectivity index (χ3n) is 6.25. The summed E-state index contributed by atoms with van der Waals surface area (Å²) in [6.45, 7) is 6.76. The van der Waals surface area contributed by atoms with E-state index in [9.17, 15) is 4.79 Å². The number of imidazole rings is 1. The molecule has 29 heavy (non-hydrogen) atoms. The van der Waals surface area contributed by atoms with E-state index in [1.807, 2.05) is 36.9 Å². The fourth-order valence-electron chi connectivity index (χ4n) is 4.16. The highest BCUT2D eigenvalue weighted by atomic mass is 35.5. The fraction of sp³-hybridized carbons (Fsp3) is 0.348. The van der Waals surface area contributed by atoms with Gasteiger partial charge in [-0.3, -0.25) is 9.78 Å². The molecule has 0 radical (unpaired) electrons. The van der Waals surface area contributed by atoms with Crippen molar-refractivity contribution in [1.29, 1.82) is 0 Å². The monoisotopic (exact) mass is 406 g/mol. The van der Waals surface area contributed by atoms with E-state index in [0.29, 0.717) is 23.0 Å². The Hall–Kier alpha value is -2.66. The third kappa shape index (κ3) is 3.14. The number of carbonyl (C=O) groups is 1. The maximum Gasteiger partial charge on any atom is 0.256 e. The molecule has 1 atom stereocenters. The molecule has 2 aliphatic rings. The molecule has 3 aromatic rings. The van der Waals surface area contributed by atoms with Gasteiger partial charge in [-0.25, -0.2) is 4.98 Å². The molecule has 5 rings (SSSR count). The summed E-state index contributed by atoms with van der Waals surface area (Å²) < 4.78 is 0. The van der Waals surface area contributed by atoms with Crippen LogP contribution >= 0.6 is 11.6 Å². The lowest BCUT2D eigenvalue weighted by Crippen LogP contribution is -2.34. The van der Waals surface area contributed by atoms with E-state index < -0.39 is 0 Å². The molecule has 0 bridgehead atoms. The first kappa shape index (κ1) is 18.4. The molecule has 3 heterocycles. The number of hydrogen-bond acceptors (Lipinski definition) is 3. The number of H-pyrrole nitrogens is 1. The number of fused-ring (bicyclic) bond motifs is 1. The maximum absolute atomic E-state index is 12.9. The lowest BCUT2D eigenvalue weighted by atomic mass is 10.0. The summed E-state index contributed by atoms with van der Waals surface area (Å²) in [5, 5.41) is 0.524. The highest BCUT2D eigenvalue weighted by molar-refractivity contribution is 6.34. The Morgan fingerprint density at radius 2 is 2.00 bits per heavy atom. The first-order chi connectivity index (χ1) is 13.9. The van der Waals surface area contributed by atoms with Gasteiger partial charge in [0.2, 0.25) is 0 Å². The second kappa shape index (κ2) is 6.70. The summed E-state index contributed by atoms with van der Waals surface area (Å²) >= 11 is 6.58. The van der Waals surface area contributed by atoms with Crippen LogP contribution in [-0.2, 0) is 6.54 Å². The van der Waals surface area contributed by atoms with Crippen LogP contribution in [0.15, 0.2) is 30.5 Å². The second-order valence-electron chi connectivity index (χ2n) is 8.23. The summed E-state index contributed by atoms with van der Waals surface area (Å²) in [7, 11) is 0. The van der Waals surface area contributed by atoms with Crippen LogP contribution in [0, 0.1) is 19.8 Å². The Kier molecular flexibility index (Phi) is 4.24. The van der Waals surface area contributed by atoms with Crippen molar-refractivity contribution in [3.8, 4) is 22.6 Å². The topological polar surface area (TPSA) is 61.9 Å². The zero-order chi connectivity index (χ0) is 20.3. The van der Waals surface area contributed by atoms with Crippen LogP contribution in [0.3, 0.4) is 0 Å². The molecule has 1 aliphatic heterocycles. The summed E-state index contributed by atoms with van der Waals surface area (Å²) in [5.74, 6) is 1.45. The van der Waals surface area contributed by atoms with Gasteiger partial charge in [-0.15, -0.1) is 0 Å². The third-order valence-corrected chi connectivity index (χ3v) is 6.55. The van der Waals surface area contributed by atoms with Crippen LogP contribution in [-0.4, -0.2) is 31.8 Å². The summed E-state index contributed by atoms with van der Waals surface area (Å²) in [6.07, 6.45) is 4.21. The first-order valence-corrected chi connectivity index (χ1v) is 10.4. The molecule has 1 saturated carbocycles. The highest BCUT2D eigenvalue weighted by Gasteiger charge is 2.39. The van der Waals surface area contributed by atoms with Gasteiger partial charge in [-0.1, -0.05) is 11.6 Å². The number of aromatic nitrogens is 3. The number of benzene rings is 1. The maximum atomic E-state index is 12.9. The molecule has 6 heteroatoms. The van der Waals surface area contributed by atoms with Crippen LogP contribution in [0.25, 0.3) is 22.6 Å². The number of pyridine rings is 1. The summed E-state index contributed by atoms with van der Waals surface area (Å²) in [4.78, 5) is 27.2. The van der Waals surface area contributed by atoms with Crippen molar-refractivity contribution in [3.63, 3.8) is 0 Å². The van der Waals surface area contributed by atoms with Crippen LogP contribution in [0.5, 0.6) is 0 Å². The molecule has 148 valence electrons. The molecule has 1 aliphatic carbocycles. The Labute approximate surface area is 175 Å². The zero-order valence-corrected chi connectivity index (χ0v) is 17.5. The normalized spacial score (nSPS) is 17.0. The number of nitrogens with one attached hydrogen (secondary N) is 1. The average molecular weight is 407 g/mol. The molecular weight excluding hydrogens is 384 g/mol. The number of rotatable bonds is 4. The summed E-state index contributed by atoms with van der Waals surface area (Å²) in [6, 6.07) is 8.23. The standard InChI is InChI=1S/C23H23ClN4O/c1-12-13(2)27-22(26-12)20-10-16(6-7-25-20)17-8-18-11-28(14(3)15-4-5-15)23(29)21(18)19(24)9-17/h6-10,14-15H,4-5,11H2,1-3H3,(H,26,27)/t14-/m0/s1. The minimum Gasteiger partial charge on any atom is -0.341 e. The van der Waals surface area contributed by atoms with E-state index in [0.717, 1.165) is 39.6 Å². The van der Waals surface area contributed by atoms with Crippen LogP contribution < -0.4 is 0 Å². The van der Waals surface area contributed by atoms with Crippen molar-refractivity contribution in [1.82, 2.24) is 19.9 Å². The van der Waals surface area contributed by atoms with Crippen LogP contribution in [0.2, 0.25) is 5.02 Å². The van der Waals surface area contributed by atoms with Gasteiger partial charge in [-0.2, -0.15) is 0 Å². The van der Waals surface area contributed by atoms with Crippen molar-refractivity contribution in [2.45, 2.75) is 46.2 Å². The highest BCUT2D eigenvalue weighted by Crippen LogP contribution is 2.41. The van der Waals surface area contributed by atoms with E-state index >= 15 is 0 Å². The molecule has 1 fully saturated rings. The SMILES string of the molecule is Cc1nc(-c2cc(-c3cc(Cl)c4c(c3)CN([C@@H](C)C3CC3)C4=O)ccn2)[nH]c1C. The van der Waals surface area contributed by atoms with Gasteiger partial charge in [0, 0.05) is 24.5 Å². The molecule has 1 amide bonds. The van der Waals surface area contributed by atoms with E-state index in [1.165, 1.54) is 12.8 Å². The molecule has 0 unspecified atom stereocenters. The first-order valence-electron chi connectivity index (χ1n) is 10.1. The van der Waals surface area contributed by atoms with Crippen molar-refractivity contribution in [2.24, 2.45) is 5.92 Å². The predicted molar refractivity (Wildman–Crippen MR) is 114 cm³/mol. The molecule has 5 nitrogen and oxygen atoms in total. The molecule has 1 N–H and O–H groups in total. The Balaban J connectivity index is 1.51. The number of carbonyl (C=O) groups excluding carboxylic acids is 1. The quantitative estimate of drug-likeness (QED) is 0.650. The van der Waals surface area contributed by atoms with E-state index in [-0.39, 0.29) is 11.9 Å². The number of halogens is 1. The van der Waals surface area contributed by atoms with Crippen molar-refractivity contribution >= 4 is 17.5 Å². The Morgan fingerprint density at radius 3 is 2.69 bits per heavy atom. The molecule has 1 aromatic carbocycles. The van der Waals surface area contributed by atoms with Gasteiger partial charge >= 0.3 is 0 Å².